The maximum Gasteiger partial charge on any atom is 0.269 e. The molecule has 1 aromatic heterocycles. The molecule has 1 amide bonds. The summed E-state index contributed by atoms with van der Waals surface area (Å²) in [6, 6.07) is 8.71. The number of hydrogen-bond acceptors (Lipinski definition) is 5. The van der Waals surface area contributed by atoms with E-state index in [0.717, 1.165) is 0 Å². The number of nitro benzene ring substituents is 1. The molecule has 106 valence electrons. The molecule has 2 aromatic rings. The lowest BCUT2D eigenvalue weighted by Gasteiger charge is -2.08. The monoisotopic (exact) mass is 302 g/mol. The minimum absolute atomic E-state index is 0.0809. The number of carbonyl (C=O) groups excluding carboxylic acids is 1. The number of amides is 1. The first-order valence-electron chi connectivity index (χ1n) is 5.83. The van der Waals surface area contributed by atoms with E-state index in [9.17, 15) is 14.9 Å². The lowest BCUT2D eigenvalue weighted by atomic mass is 10.2. The Balaban J connectivity index is 1.97. The minimum Gasteiger partial charge on any atom is -0.331 e. The van der Waals surface area contributed by atoms with Crippen molar-refractivity contribution in [2.24, 2.45) is 0 Å². The van der Waals surface area contributed by atoms with Gasteiger partial charge in [0, 0.05) is 23.9 Å². The summed E-state index contributed by atoms with van der Waals surface area (Å²) in [4.78, 5) is 25.8. The lowest BCUT2D eigenvalue weighted by molar-refractivity contribution is -0.384. The number of nitrogens with zero attached hydrogens (tertiary/aromatic N) is 2. The first-order valence-corrected chi connectivity index (χ1v) is 6.24. The van der Waals surface area contributed by atoms with E-state index in [4.69, 9.17) is 12.2 Å². The summed E-state index contributed by atoms with van der Waals surface area (Å²) in [6.45, 7) is 0. The Morgan fingerprint density at radius 1 is 1.24 bits per heavy atom. The van der Waals surface area contributed by atoms with E-state index in [1.165, 1.54) is 24.3 Å². The van der Waals surface area contributed by atoms with Gasteiger partial charge in [-0.25, -0.2) is 0 Å². The fraction of sp³-hybridized carbons (Fsp3) is 0. The van der Waals surface area contributed by atoms with Crippen LogP contribution in [0.25, 0.3) is 0 Å². The van der Waals surface area contributed by atoms with Gasteiger partial charge in [-0.05, 0) is 36.5 Å². The Bertz CT molecular complexity index is 674. The third-order valence-electron chi connectivity index (χ3n) is 2.49. The molecule has 0 saturated heterocycles. The van der Waals surface area contributed by atoms with Gasteiger partial charge < -0.3 is 5.32 Å². The number of nitro groups is 1. The standard InChI is InChI=1S/C13H10N4O3S/c18-12(9-3-5-11(6-4-9)17(19)20)16-13(21)15-10-2-1-7-14-8-10/h1-8H,(H2,15,16,18,21). The second-order valence-corrected chi connectivity index (χ2v) is 4.36. The predicted molar refractivity (Wildman–Crippen MR) is 81.0 cm³/mol. The van der Waals surface area contributed by atoms with Gasteiger partial charge in [-0.2, -0.15) is 0 Å². The van der Waals surface area contributed by atoms with Crippen LogP contribution in [0.15, 0.2) is 48.8 Å². The summed E-state index contributed by atoms with van der Waals surface area (Å²) >= 11 is 5.00. The zero-order valence-electron chi connectivity index (χ0n) is 10.6. The number of hydrogen-bond donors (Lipinski definition) is 2. The number of thiocarbonyl (C=S) groups is 1. The van der Waals surface area contributed by atoms with Crippen molar-refractivity contribution in [2.45, 2.75) is 0 Å². The second-order valence-electron chi connectivity index (χ2n) is 3.95. The number of carbonyl (C=O) groups is 1. The number of rotatable bonds is 3. The highest BCUT2D eigenvalue weighted by molar-refractivity contribution is 7.80. The van der Waals surface area contributed by atoms with Gasteiger partial charge in [0.05, 0.1) is 16.8 Å². The highest BCUT2D eigenvalue weighted by Crippen LogP contribution is 2.11. The number of non-ortho nitro benzene ring substituents is 1. The van der Waals surface area contributed by atoms with Crippen molar-refractivity contribution < 1.29 is 9.72 Å². The summed E-state index contributed by atoms with van der Waals surface area (Å²) in [5.41, 5.74) is 0.838. The first kappa shape index (κ1) is 14.5. The van der Waals surface area contributed by atoms with Crippen LogP contribution in [0, 0.1) is 10.1 Å². The van der Waals surface area contributed by atoms with E-state index in [1.54, 1.807) is 24.5 Å². The Morgan fingerprint density at radius 2 is 1.95 bits per heavy atom. The topological polar surface area (TPSA) is 97.2 Å². The molecule has 0 aliphatic heterocycles. The molecule has 21 heavy (non-hydrogen) atoms. The fourth-order valence-corrected chi connectivity index (χ4v) is 1.72. The van der Waals surface area contributed by atoms with Crippen LogP contribution in [0.1, 0.15) is 10.4 Å². The van der Waals surface area contributed by atoms with Crippen LogP contribution in [0.3, 0.4) is 0 Å². The van der Waals surface area contributed by atoms with E-state index >= 15 is 0 Å². The van der Waals surface area contributed by atoms with Gasteiger partial charge in [0.2, 0.25) is 0 Å². The number of aromatic nitrogens is 1. The molecular formula is C13H10N4O3S. The lowest BCUT2D eigenvalue weighted by Crippen LogP contribution is -2.34. The molecule has 2 rings (SSSR count). The minimum atomic E-state index is -0.531. The Hall–Kier alpha value is -2.87. The molecular weight excluding hydrogens is 292 g/mol. The summed E-state index contributed by atoms with van der Waals surface area (Å²) in [5, 5.41) is 15.9. The molecule has 0 bridgehead atoms. The molecule has 0 fully saturated rings. The highest BCUT2D eigenvalue weighted by atomic mass is 32.1. The van der Waals surface area contributed by atoms with Gasteiger partial charge >= 0.3 is 0 Å². The van der Waals surface area contributed by atoms with E-state index in [-0.39, 0.29) is 16.4 Å². The largest absolute Gasteiger partial charge is 0.331 e. The second kappa shape index (κ2) is 6.53. The fourth-order valence-electron chi connectivity index (χ4n) is 1.51. The van der Waals surface area contributed by atoms with Gasteiger partial charge in [0.1, 0.15) is 0 Å². The van der Waals surface area contributed by atoms with Gasteiger partial charge in [-0.1, -0.05) is 0 Å². The molecule has 2 N–H and O–H groups in total. The molecule has 0 spiro atoms. The molecule has 0 aliphatic carbocycles. The van der Waals surface area contributed by atoms with E-state index in [1.807, 2.05) is 0 Å². The third kappa shape index (κ3) is 4.05. The Labute approximate surface area is 125 Å². The van der Waals surface area contributed by atoms with Crippen molar-refractivity contribution in [1.82, 2.24) is 10.3 Å². The van der Waals surface area contributed by atoms with Crippen molar-refractivity contribution in [3.8, 4) is 0 Å². The van der Waals surface area contributed by atoms with Gasteiger partial charge in [0.25, 0.3) is 11.6 Å². The van der Waals surface area contributed by atoms with Crippen LogP contribution in [0.4, 0.5) is 11.4 Å². The normalized spacial score (nSPS) is 9.71. The van der Waals surface area contributed by atoms with E-state index in [2.05, 4.69) is 15.6 Å². The van der Waals surface area contributed by atoms with Crippen LogP contribution >= 0.6 is 12.2 Å². The van der Waals surface area contributed by atoms with Crippen LogP contribution in [0.2, 0.25) is 0 Å². The van der Waals surface area contributed by atoms with Gasteiger partial charge in [-0.3, -0.25) is 25.2 Å². The summed E-state index contributed by atoms with van der Waals surface area (Å²) in [6.07, 6.45) is 3.17. The van der Waals surface area contributed by atoms with E-state index < -0.39 is 10.8 Å². The molecule has 7 nitrogen and oxygen atoms in total. The molecule has 1 aromatic carbocycles. The molecule has 0 atom stereocenters. The summed E-state index contributed by atoms with van der Waals surface area (Å²) < 4.78 is 0. The summed E-state index contributed by atoms with van der Waals surface area (Å²) in [7, 11) is 0. The quantitative estimate of drug-likeness (QED) is 0.512. The SMILES string of the molecule is O=C(NC(=S)Nc1cccnc1)c1ccc([N+](=O)[O-])cc1. The molecule has 0 aliphatic rings. The van der Waals surface area contributed by atoms with Crippen LogP contribution in [0.5, 0.6) is 0 Å². The molecule has 0 saturated carbocycles. The number of nitrogens with one attached hydrogen (secondary N) is 2. The zero-order chi connectivity index (χ0) is 15.2. The average Bonchev–Trinajstić information content (AvgIpc) is 2.48. The van der Waals surface area contributed by atoms with E-state index in [0.29, 0.717) is 5.69 Å². The Kier molecular flexibility index (Phi) is 4.52. The maximum atomic E-state index is 11.9. The summed E-state index contributed by atoms with van der Waals surface area (Å²) in [5.74, 6) is -0.453. The van der Waals surface area contributed by atoms with Crippen LogP contribution < -0.4 is 10.6 Å². The van der Waals surface area contributed by atoms with Crippen molar-refractivity contribution in [3.05, 3.63) is 64.5 Å². The van der Waals surface area contributed by atoms with Crippen molar-refractivity contribution in [3.63, 3.8) is 0 Å². The number of anilines is 1. The zero-order valence-corrected chi connectivity index (χ0v) is 11.5. The Morgan fingerprint density at radius 3 is 2.52 bits per heavy atom. The number of pyridine rings is 1. The van der Waals surface area contributed by atoms with Crippen LogP contribution in [-0.2, 0) is 0 Å². The van der Waals surface area contributed by atoms with Crippen molar-refractivity contribution in [2.75, 3.05) is 5.32 Å². The third-order valence-corrected chi connectivity index (χ3v) is 2.69. The maximum absolute atomic E-state index is 11.9. The number of benzene rings is 1. The molecule has 8 heteroatoms. The molecule has 0 unspecified atom stereocenters. The van der Waals surface area contributed by atoms with Crippen molar-refractivity contribution in [1.29, 1.82) is 0 Å². The molecule has 1 heterocycles. The first-order chi connectivity index (χ1) is 10.1. The highest BCUT2D eigenvalue weighted by Gasteiger charge is 2.10. The molecule has 0 radical (unpaired) electrons. The smallest absolute Gasteiger partial charge is 0.269 e. The predicted octanol–water partition coefficient (Wildman–Crippen LogP) is 2.12. The van der Waals surface area contributed by atoms with Crippen LogP contribution in [-0.4, -0.2) is 20.9 Å². The van der Waals surface area contributed by atoms with Gasteiger partial charge in [0.15, 0.2) is 5.11 Å². The van der Waals surface area contributed by atoms with Crippen molar-refractivity contribution >= 4 is 34.6 Å². The average molecular weight is 302 g/mol. The van der Waals surface area contributed by atoms with Gasteiger partial charge in [-0.15, -0.1) is 0 Å².